The van der Waals surface area contributed by atoms with Crippen LogP contribution < -0.4 is 5.32 Å². The van der Waals surface area contributed by atoms with Crippen LogP contribution in [0.5, 0.6) is 0 Å². The van der Waals surface area contributed by atoms with Crippen molar-refractivity contribution in [2.24, 2.45) is 0 Å². The fourth-order valence-corrected chi connectivity index (χ4v) is 1.70. The van der Waals surface area contributed by atoms with E-state index in [1.807, 2.05) is 6.08 Å². The van der Waals surface area contributed by atoms with Crippen molar-refractivity contribution in [1.82, 2.24) is 0 Å². The van der Waals surface area contributed by atoms with E-state index in [9.17, 15) is 0 Å². The summed E-state index contributed by atoms with van der Waals surface area (Å²) in [6.45, 7) is 5.96. The lowest BCUT2D eigenvalue weighted by Crippen LogP contribution is -2.08. The standard InChI is InChI=1S/C11H13N/c1-3-9-4-5-11-10(7-9)6-8(2)12-11/h3-5,7-8,12H,1,6H2,2H3. The van der Waals surface area contributed by atoms with Crippen LogP contribution in [0.2, 0.25) is 0 Å². The molecular formula is C11H13N. The average Bonchev–Trinajstić information content (AvgIpc) is 2.43. The molecule has 2 rings (SSSR count). The zero-order chi connectivity index (χ0) is 8.55. The molecule has 1 unspecified atom stereocenters. The second-order valence-corrected chi connectivity index (χ2v) is 3.37. The monoisotopic (exact) mass is 159 g/mol. The second kappa shape index (κ2) is 2.67. The van der Waals surface area contributed by atoms with Crippen molar-refractivity contribution in [2.45, 2.75) is 19.4 Å². The molecule has 1 N–H and O–H groups in total. The van der Waals surface area contributed by atoms with Crippen LogP contribution in [0.25, 0.3) is 6.08 Å². The van der Waals surface area contributed by atoms with E-state index in [0.29, 0.717) is 6.04 Å². The molecule has 0 amide bonds. The molecule has 1 aromatic rings. The van der Waals surface area contributed by atoms with E-state index in [0.717, 1.165) is 6.42 Å². The SMILES string of the molecule is C=Cc1ccc2c(c1)CC(C)N2. The van der Waals surface area contributed by atoms with Crippen molar-refractivity contribution < 1.29 is 0 Å². The van der Waals surface area contributed by atoms with Gasteiger partial charge in [-0.15, -0.1) is 0 Å². The fourth-order valence-electron chi connectivity index (χ4n) is 1.70. The minimum absolute atomic E-state index is 0.583. The van der Waals surface area contributed by atoms with Gasteiger partial charge in [-0.1, -0.05) is 18.7 Å². The number of rotatable bonds is 1. The van der Waals surface area contributed by atoms with Crippen LogP contribution in [-0.4, -0.2) is 6.04 Å². The van der Waals surface area contributed by atoms with Crippen LogP contribution >= 0.6 is 0 Å². The highest BCUT2D eigenvalue weighted by Gasteiger charge is 2.15. The highest BCUT2D eigenvalue weighted by atomic mass is 14.9. The Hall–Kier alpha value is -1.24. The Morgan fingerprint density at radius 2 is 2.42 bits per heavy atom. The molecule has 0 fully saturated rings. The van der Waals surface area contributed by atoms with Crippen molar-refractivity contribution in [3.63, 3.8) is 0 Å². The molecule has 0 saturated heterocycles. The van der Waals surface area contributed by atoms with Gasteiger partial charge in [0, 0.05) is 11.7 Å². The third kappa shape index (κ3) is 1.11. The number of hydrogen-bond donors (Lipinski definition) is 1. The first-order valence-electron chi connectivity index (χ1n) is 4.31. The third-order valence-corrected chi connectivity index (χ3v) is 2.29. The molecule has 0 bridgehead atoms. The Bertz CT molecular complexity index is 315. The van der Waals surface area contributed by atoms with Crippen LogP contribution in [0, 0.1) is 0 Å². The lowest BCUT2D eigenvalue weighted by molar-refractivity contribution is 0.839. The summed E-state index contributed by atoms with van der Waals surface area (Å²) < 4.78 is 0. The number of nitrogens with one attached hydrogen (secondary N) is 1. The summed E-state index contributed by atoms with van der Waals surface area (Å²) in [5.41, 5.74) is 3.91. The smallest absolute Gasteiger partial charge is 0.0376 e. The molecule has 62 valence electrons. The fraction of sp³-hybridized carbons (Fsp3) is 0.273. The molecule has 0 aliphatic carbocycles. The average molecular weight is 159 g/mol. The first-order valence-corrected chi connectivity index (χ1v) is 4.31. The highest BCUT2D eigenvalue weighted by molar-refractivity contribution is 5.62. The molecule has 1 atom stereocenters. The van der Waals surface area contributed by atoms with Crippen LogP contribution in [0.3, 0.4) is 0 Å². The molecule has 1 heteroatoms. The number of fused-ring (bicyclic) bond motifs is 1. The van der Waals surface area contributed by atoms with Crippen molar-refractivity contribution in [2.75, 3.05) is 5.32 Å². The predicted octanol–water partition coefficient (Wildman–Crippen LogP) is 2.69. The molecule has 0 radical (unpaired) electrons. The van der Waals surface area contributed by atoms with Gasteiger partial charge in [0.15, 0.2) is 0 Å². The molecule has 1 aliphatic heterocycles. The van der Waals surface area contributed by atoms with Gasteiger partial charge in [-0.25, -0.2) is 0 Å². The van der Waals surface area contributed by atoms with E-state index in [-0.39, 0.29) is 0 Å². The highest BCUT2D eigenvalue weighted by Crippen LogP contribution is 2.26. The Labute approximate surface area is 73.1 Å². The first kappa shape index (κ1) is 7.41. The van der Waals surface area contributed by atoms with E-state index in [1.54, 1.807) is 0 Å². The molecule has 1 nitrogen and oxygen atoms in total. The number of hydrogen-bond acceptors (Lipinski definition) is 1. The van der Waals surface area contributed by atoms with Gasteiger partial charge < -0.3 is 5.32 Å². The van der Waals surface area contributed by atoms with Gasteiger partial charge in [-0.2, -0.15) is 0 Å². The molecule has 12 heavy (non-hydrogen) atoms. The summed E-state index contributed by atoms with van der Waals surface area (Å²) in [5.74, 6) is 0. The molecule has 0 saturated carbocycles. The number of benzene rings is 1. The Morgan fingerprint density at radius 1 is 1.58 bits per heavy atom. The maximum atomic E-state index is 3.76. The molecule has 0 aromatic heterocycles. The van der Waals surface area contributed by atoms with Gasteiger partial charge in [0.05, 0.1) is 0 Å². The van der Waals surface area contributed by atoms with Crippen LogP contribution in [0.4, 0.5) is 5.69 Å². The van der Waals surface area contributed by atoms with Gasteiger partial charge in [0.1, 0.15) is 0 Å². The Morgan fingerprint density at radius 3 is 3.17 bits per heavy atom. The van der Waals surface area contributed by atoms with Crippen molar-refractivity contribution in [3.8, 4) is 0 Å². The summed E-state index contributed by atoms with van der Waals surface area (Å²) in [5, 5.41) is 3.41. The molecule has 1 aliphatic rings. The topological polar surface area (TPSA) is 12.0 Å². The summed E-state index contributed by atoms with van der Waals surface area (Å²) in [6, 6.07) is 7.02. The van der Waals surface area contributed by atoms with E-state index in [2.05, 4.69) is 37.0 Å². The van der Waals surface area contributed by atoms with Gasteiger partial charge in [-0.05, 0) is 36.6 Å². The zero-order valence-corrected chi connectivity index (χ0v) is 7.30. The molecule has 0 spiro atoms. The van der Waals surface area contributed by atoms with E-state index in [1.165, 1.54) is 16.8 Å². The first-order chi connectivity index (χ1) is 5.79. The molecule has 1 aromatic carbocycles. The summed E-state index contributed by atoms with van der Waals surface area (Å²) >= 11 is 0. The van der Waals surface area contributed by atoms with Crippen LogP contribution in [0.1, 0.15) is 18.1 Å². The lowest BCUT2D eigenvalue weighted by Gasteiger charge is -2.01. The summed E-state index contributed by atoms with van der Waals surface area (Å²) in [7, 11) is 0. The van der Waals surface area contributed by atoms with Gasteiger partial charge in [0.25, 0.3) is 0 Å². The summed E-state index contributed by atoms with van der Waals surface area (Å²) in [6.07, 6.45) is 3.03. The normalized spacial score (nSPS) is 19.9. The van der Waals surface area contributed by atoms with Crippen LogP contribution in [-0.2, 0) is 6.42 Å². The number of anilines is 1. The van der Waals surface area contributed by atoms with Gasteiger partial charge in [0.2, 0.25) is 0 Å². The van der Waals surface area contributed by atoms with Crippen molar-refractivity contribution in [1.29, 1.82) is 0 Å². The maximum absolute atomic E-state index is 3.76. The molecule has 1 heterocycles. The van der Waals surface area contributed by atoms with E-state index < -0.39 is 0 Å². The maximum Gasteiger partial charge on any atom is 0.0376 e. The predicted molar refractivity (Wildman–Crippen MR) is 53.3 cm³/mol. The Balaban J connectivity index is 2.41. The molecular weight excluding hydrogens is 146 g/mol. The van der Waals surface area contributed by atoms with Crippen molar-refractivity contribution in [3.05, 3.63) is 35.9 Å². The Kier molecular flexibility index (Phi) is 1.65. The summed E-state index contributed by atoms with van der Waals surface area (Å²) in [4.78, 5) is 0. The van der Waals surface area contributed by atoms with Crippen LogP contribution in [0.15, 0.2) is 24.8 Å². The van der Waals surface area contributed by atoms with E-state index in [4.69, 9.17) is 0 Å². The third-order valence-electron chi connectivity index (χ3n) is 2.29. The minimum Gasteiger partial charge on any atom is -0.382 e. The minimum atomic E-state index is 0.583. The zero-order valence-electron chi connectivity index (χ0n) is 7.30. The van der Waals surface area contributed by atoms with Gasteiger partial charge >= 0.3 is 0 Å². The lowest BCUT2D eigenvalue weighted by atomic mass is 10.1. The quantitative estimate of drug-likeness (QED) is 0.664. The van der Waals surface area contributed by atoms with Gasteiger partial charge in [-0.3, -0.25) is 0 Å². The van der Waals surface area contributed by atoms with Crippen molar-refractivity contribution >= 4 is 11.8 Å². The second-order valence-electron chi connectivity index (χ2n) is 3.37. The van der Waals surface area contributed by atoms with E-state index >= 15 is 0 Å². The largest absolute Gasteiger partial charge is 0.382 e.